The maximum Gasteiger partial charge on any atom is 0.360 e. The predicted molar refractivity (Wildman–Crippen MR) is 601 cm³/mol. The third kappa shape index (κ3) is 14.4. The SMILES string of the molecule is c1ccc(-c2ccccc2C2=[N+]=C(c3ccc4ccccc4c3)NC(c3ccc4ccc5c6ccccc6ccc5c4c3)=N2)cc1.c1ccc(-c2nc(-c3ccc4ccc5c6ccccc6ccc5c4c3)nc(-n3c4ccccc4c4ccccc43)n2)cc1.c1ccc2c(c1)ccc1c3cc(-c4nc(-c5ccc6ccc7c8ccccc8ccc7c6c5)nc(-c5ccc6oc7ccccc7c6c5)n4)ccc3ccc21. The van der Waals surface area contributed by atoms with Crippen molar-refractivity contribution in [1.82, 2.24) is 44.5 Å². The second-order valence-corrected chi connectivity index (χ2v) is 37.0. The standard InChI is InChI=1S/C51H29N3O.C43H27N3.C39H24N4/c1-3-9-37-30(7-1)17-24-41-39(37)22-19-32-13-15-34(27-44(32)41)49-52-50(54-51(53-49)36-21-26-48-46(29-36)43-11-5-6-12-47(43)55-48)35-16-14-33-20-23-40-38-10-4-2-8-31(38)18-25-42(40)45(33)28-35;1-2-11-29(12-3-1)36-16-8-9-17-39(36)43-45-41(33-20-18-28-10-4-5-14-32(28)26-33)44-42(46-43)34-21-19-31-23-24-37-35-15-7-6-13-30(35)22-25-38(37)40(31)27-34;1-2-11-27(12-3-1)37-40-38(42-39(41-37)43-35-16-8-6-14-32(35)33-15-7-9-17-36(33)43)28-19-18-26-21-22-30-29-13-5-4-10-25(29)20-23-31(30)34(26)24-28/h1-29H;1-27H;1-24H/p+1. The first-order valence-corrected chi connectivity index (χ1v) is 48.6. The summed E-state index contributed by atoms with van der Waals surface area (Å²) in [5.74, 6) is 5.98. The molecule has 11 nitrogen and oxygen atoms in total. The lowest BCUT2D eigenvalue weighted by Gasteiger charge is -2.12. The molecule has 25 aromatic carbocycles. The molecule has 0 radical (unpaired) electrons. The average Bonchev–Trinajstić information content (AvgIpc) is 1.26. The molecule has 0 fully saturated rings. The zero-order valence-corrected chi connectivity index (χ0v) is 77.6. The number of amidine groups is 3. The van der Waals surface area contributed by atoms with Gasteiger partial charge in [0.2, 0.25) is 5.95 Å². The van der Waals surface area contributed by atoms with E-state index in [9.17, 15) is 0 Å². The number of aliphatic imine (C=N–C) groups is 1. The molecule has 0 amide bonds. The maximum absolute atomic E-state index is 6.18. The van der Waals surface area contributed by atoms with E-state index in [2.05, 4.69) is 428 Å². The van der Waals surface area contributed by atoms with Gasteiger partial charge in [-0.15, -0.1) is 0 Å². The minimum Gasteiger partial charge on any atom is -0.456 e. The van der Waals surface area contributed by atoms with Crippen LogP contribution in [0.4, 0.5) is 0 Å². The maximum atomic E-state index is 6.18. The topological polar surface area (TPSA) is 134 Å². The summed E-state index contributed by atoms with van der Waals surface area (Å²) in [5, 5.41) is 39.7. The summed E-state index contributed by atoms with van der Waals surface area (Å²) < 4.78 is 13.5. The summed E-state index contributed by atoms with van der Waals surface area (Å²) in [6.45, 7) is 0. The molecule has 0 bridgehead atoms. The molecule has 29 aromatic rings. The van der Waals surface area contributed by atoms with Crippen LogP contribution in [0.5, 0.6) is 0 Å². The molecule has 144 heavy (non-hydrogen) atoms. The second kappa shape index (κ2) is 34.2. The summed E-state index contributed by atoms with van der Waals surface area (Å²) in [6, 6.07) is 171. The van der Waals surface area contributed by atoms with Crippen molar-refractivity contribution in [2.75, 3.05) is 0 Å². The number of nitrogens with zero attached hydrogens (tertiary/aromatic N) is 9. The van der Waals surface area contributed by atoms with Gasteiger partial charge in [-0.3, -0.25) is 4.57 Å². The molecule has 0 aliphatic carbocycles. The van der Waals surface area contributed by atoms with E-state index in [1.165, 1.54) is 151 Å². The Morgan fingerprint density at radius 3 is 0.958 bits per heavy atom. The van der Waals surface area contributed by atoms with Crippen LogP contribution in [0.25, 0.3) is 258 Å². The Balaban J connectivity index is 0.000000106. The van der Waals surface area contributed by atoms with Gasteiger partial charge in [0.25, 0.3) is 5.84 Å². The number of rotatable bonds is 10. The Morgan fingerprint density at radius 2 is 0.493 bits per heavy atom. The fourth-order valence-electron chi connectivity index (χ4n) is 21.6. The summed E-state index contributed by atoms with van der Waals surface area (Å²) >= 11 is 0. The summed E-state index contributed by atoms with van der Waals surface area (Å²) in [6.07, 6.45) is 0. The van der Waals surface area contributed by atoms with E-state index >= 15 is 0 Å². The lowest BCUT2D eigenvalue weighted by Crippen LogP contribution is -2.38. The Hall–Kier alpha value is -19.6. The van der Waals surface area contributed by atoms with Gasteiger partial charge in [0.05, 0.1) is 27.7 Å². The van der Waals surface area contributed by atoms with Crippen molar-refractivity contribution < 1.29 is 4.42 Å². The zero-order chi connectivity index (χ0) is 94.8. The minimum absolute atomic E-state index is 0.602. The number of aromatic nitrogens is 7. The van der Waals surface area contributed by atoms with Crippen molar-refractivity contribution in [3.8, 4) is 74.0 Å². The van der Waals surface area contributed by atoms with Gasteiger partial charge < -0.3 is 4.42 Å². The molecule has 668 valence electrons. The van der Waals surface area contributed by atoms with Crippen LogP contribution in [0, 0.1) is 0 Å². The van der Waals surface area contributed by atoms with E-state index in [0.717, 1.165) is 100 Å². The molecule has 0 unspecified atom stereocenters. The molecular formula is C133H81N10O+. The van der Waals surface area contributed by atoms with Crippen molar-refractivity contribution >= 4 is 201 Å². The predicted octanol–water partition coefficient (Wildman–Crippen LogP) is 32.7. The van der Waals surface area contributed by atoms with Crippen LogP contribution in [0.3, 0.4) is 0 Å². The molecule has 5 heterocycles. The Morgan fingerprint density at radius 1 is 0.188 bits per heavy atom. The fourth-order valence-corrected chi connectivity index (χ4v) is 21.6. The third-order valence-corrected chi connectivity index (χ3v) is 28.7. The van der Waals surface area contributed by atoms with Gasteiger partial charge in [0, 0.05) is 49.4 Å². The quantitative estimate of drug-likeness (QED) is 0.106. The summed E-state index contributed by atoms with van der Waals surface area (Å²) in [7, 11) is 0. The van der Waals surface area contributed by atoms with E-state index in [0.29, 0.717) is 40.9 Å². The van der Waals surface area contributed by atoms with Crippen LogP contribution in [0.1, 0.15) is 16.7 Å². The van der Waals surface area contributed by atoms with Gasteiger partial charge >= 0.3 is 11.7 Å². The van der Waals surface area contributed by atoms with Gasteiger partial charge in [0.1, 0.15) is 11.2 Å². The first-order valence-electron chi connectivity index (χ1n) is 48.6. The van der Waals surface area contributed by atoms with Crippen molar-refractivity contribution in [3.63, 3.8) is 0 Å². The molecule has 0 atom stereocenters. The number of nitrogens with one attached hydrogen (secondary N) is 1. The third-order valence-electron chi connectivity index (χ3n) is 28.7. The van der Waals surface area contributed by atoms with Crippen molar-refractivity contribution in [2.24, 2.45) is 4.99 Å². The highest BCUT2D eigenvalue weighted by molar-refractivity contribution is 6.27. The second-order valence-electron chi connectivity index (χ2n) is 37.0. The molecule has 0 saturated heterocycles. The number of fused-ring (bicyclic) bond motifs is 27. The first-order chi connectivity index (χ1) is 71.3. The molecule has 11 heteroatoms. The highest BCUT2D eigenvalue weighted by Gasteiger charge is 2.30. The van der Waals surface area contributed by atoms with Crippen LogP contribution < -0.4 is 9.98 Å². The number of benzene rings is 25. The molecule has 1 aliphatic heterocycles. The van der Waals surface area contributed by atoms with Crippen LogP contribution in [-0.2, 0) is 0 Å². The van der Waals surface area contributed by atoms with Gasteiger partial charge in [-0.2, -0.15) is 9.97 Å². The molecular weight excluding hydrogens is 1750 g/mol. The van der Waals surface area contributed by atoms with E-state index in [-0.39, 0.29) is 0 Å². The van der Waals surface area contributed by atoms with E-state index < -0.39 is 0 Å². The van der Waals surface area contributed by atoms with Gasteiger partial charge in [-0.05, 0) is 236 Å². The zero-order valence-electron chi connectivity index (χ0n) is 77.6. The smallest absolute Gasteiger partial charge is 0.360 e. The Kier molecular flexibility index (Phi) is 19.7. The van der Waals surface area contributed by atoms with Gasteiger partial charge in [-0.1, -0.05) is 405 Å². The number of furan rings is 1. The fraction of sp³-hybridized carbons (Fsp3) is 0. The van der Waals surface area contributed by atoms with Crippen LogP contribution >= 0.6 is 0 Å². The van der Waals surface area contributed by atoms with Crippen molar-refractivity contribution in [2.45, 2.75) is 0 Å². The van der Waals surface area contributed by atoms with Crippen molar-refractivity contribution in [3.05, 3.63) is 502 Å². The Bertz CT molecular complexity index is 10300. The number of hydrogen-bond donors (Lipinski definition) is 1. The minimum atomic E-state index is 0.602. The highest BCUT2D eigenvalue weighted by atomic mass is 16.3. The monoisotopic (exact) mass is 1830 g/mol. The van der Waals surface area contributed by atoms with Crippen LogP contribution in [0.2, 0.25) is 0 Å². The largest absolute Gasteiger partial charge is 0.456 e. The first kappa shape index (κ1) is 82.7. The van der Waals surface area contributed by atoms with Gasteiger partial charge in [-0.25, -0.2) is 29.9 Å². The lowest BCUT2D eigenvalue weighted by molar-refractivity contribution is 0.669. The molecule has 30 rings (SSSR count). The number of hydrogen-bond acceptors (Lipinski definition) is 9. The van der Waals surface area contributed by atoms with Gasteiger partial charge in [0.15, 0.2) is 29.1 Å². The van der Waals surface area contributed by atoms with Crippen molar-refractivity contribution in [1.29, 1.82) is 0 Å². The Labute approximate surface area is 825 Å². The molecule has 1 aliphatic rings. The highest BCUT2D eigenvalue weighted by Crippen LogP contribution is 2.43. The lowest BCUT2D eigenvalue weighted by atomic mass is 9.95. The van der Waals surface area contributed by atoms with Crippen LogP contribution in [0.15, 0.2) is 495 Å². The number of para-hydroxylation sites is 3. The molecule has 4 aromatic heterocycles. The molecule has 0 saturated carbocycles. The van der Waals surface area contributed by atoms with E-state index in [4.69, 9.17) is 44.0 Å². The van der Waals surface area contributed by atoms with E-state index in [1.807, 2.05) is 66.7 Å². The van der Waals surface area contributed by atoms with E-state index in [1.54, 1.807) is 0 Å². The average molecular weight is 1840 g/mol. The summed E-state index contributed by atoms with van der Waals surface area (Å²) in [4.78, 5) is 36.1. The molecule has 1 N–H and O–H groups in total. The molecule has 0 spiro atoms. The van der Waals surface area contributed by atoms with Crippen LogP contribution in [-0.4, -0.2) is 52.0 Å². The summed E-state index contributed by atoms with van der Waals surface area (Å²) in [5.41, 5.74) is 13.7. The normalized spacial score (nSPS) is 12.2.